The second-order valence-corrected chi connectivity index (χ2v) is 13.6. The SMILES string of the molecule is CCOC(=O)C1=C(c2ccccc2)N=c2s/c(=C\c3cc(Br)cc(I)c3OCc3ccc([N+](=O)[O-])cc3)c(=O)n2[C@H]1c1ccc(F)cc1. The lowest BCUT2D eigenvalue weighted by Crippen LogP contribution is -2.40. The molecule has 6 rings (SSSR count). The van der Waals surface area contributed by atoms with Crippen molar-refractivity contribution >= 4 is 73.3 Å². The highest BCUT2D eigenvalue weighted by Crippen LogP contribution is 2.36. The molecule has 2 heterocycles. The Labute approximate surface area is 299 Å². The fraction of sp³-hybridized carbons (Fsp3) is 0.114. The molecule has 0 amide bonds. The third kappa shape index (κ3) is 6.89. The summed E-state index contributed by atoms with van der Waals surface area (Å²) in [5, 5.41) is 11.1. The van der Waals surface area contributed by atoms with Gasteiger partial charge in [0.05, 0.1) is 36.9 Å². The van der Waals surface area contributed by atoms with Crippen molar-refractivity contribution in [3.63, 3.8) is 0 Å². The van der Waals surface area contributed by atoms with E-state index < -0.39 is 28.3 Å². The van der Waals surface area contributed by atoms with E-state index in [0.29, 0.717) is 37.5 Å². The van der Waals surface area contributed by atoms with E-state index in [4.69, 9.17) is 14.5 Å². The zero-order valence-corrected chi connectivity index (χ0v) is 29.6. The van der Waals surface area contributed by atoms with Crippen molar-refractivity contribution in [1.82, 2.24) is 4.57 Å². The van der Waals surface area contributed by atoms with E-state index >= 15 is 0 Å². The number of aromatic nitrogens is 1. The Morgan fingerprint density at radius 1 is 1.10 bits per heavy atom. The van der Waals surface area contributed by atoms with Crippen LogP contribution >= 0.6 is 49.9 Å². The summed E-state index contributed by atoms with van der Waals surface area (Å²) in [4.78, 5) is 43.7. The van der Waals surface area contributed by atoms with Gasteiger partial charge in [-0.25, -0.2) is 14.2 Å². The summed E-state index contributed by atoms with van der Waals surface area (Å²) >= 11 is 6.84. The van der Waals surface area contributed by atoms with Crippen molar-refractivity contribution in [2.75, 3.05) is 6.61 Å². The first kappa shape index (κ1) is 33.4. The maximum absolute atomic E-state index is 14.3. The predicted octanol–water partition coefficient (Wildman–Crippen LogP) is 6.93. The van der Waals surface area contributed by atoms with Gasteiger partial charge >= 0.3 is 5.97 Å². The van der Waals surface area contributed by atoms with Crippen molar-refractivity contribution in [1.29, 1.82) is 0 Å². The molecular weight excluding hydrogens is 816 g/mol. The van der Waals surface area contributed by atoms with E-state index in [-0.39, 0.29) is 24.5 Å². The molecule has 0 unspecified atom stereocenters. The molecule has 1 aliphatic rings. The summed E-state index contributed by atoms with van der Waals surface area (Å²) < 4.78 is 29.1. The predicted molar refractivity (Wildman–Crippen MR) is 192 cm³/mol. The first-order valence-electron chi connectivity index (χ1n) is 14.5. The van der Waals surface area contributed by atoms with Crippen molar-refractivity contribution in [3.8, 4) is 5.75 Å². The molecule has 0 saturated heterocycles. The fourth-order valence-electron chi connectivity index (χ4n) is 5.25. The van der Waals surface area contributed by atoms with E-state index in [1.807, 2.05) is 42.5 Å². The number of nitro groups is 1. The van der Waals surface area contributed by atoms with Gasteiger partial charge in [-0.15, -0.1) is 0 Å². The molecule has 4 aromatic carbocycles. The van der Waals surface area contributed by atoms with Gasteiger partial charge < -0.3 is 9.47 Å². The molecule has 0 spiro atoms. The molecule has 1 aromatic heterocycles. The second kappa shape index (κ2) is 14.3. The zero-order valence-electron chi connectivity index (χ0n) is 25.1. The summed E-state index contributed by atoms with van der Waals surface area (Å²) in [5.74, 6) is -0.580. The summed E-state index contributed by atoms with van der Waals surface area (Å²) in [6, 6.07) is 23.7. The van der Waals surface area contributed by atoms with Crippen LogP contribution in [0.5, 0.6) is 5.75 Å². The molecule has 0 fully saturated rings. The number of halogens is 3. The molecule has 0 radical (unpaired) electrons. The Balaban J connectivity index is 1.52. The number of ether oxygens (including phenoxy) is 2. The molecule has 1 atom stereocenters. The topological polar surface area (TPSA) is 113 Å². The molecule has 0 saturated carbocycles. The van der Waals surface area contributed by atoms with Crippen LogP contribution in [-0.2, 0) is 16.1 Å². The number of rotatable bonds is 9. The minimum Gasteiger partial charge on any atom is -0.487 e. The van der Waals surface area contributed by atoms with Crippen LogP contribution in [0.4, 0.5) is 10.1 Å². The molecule has 13 heteroatoms. The number of non-ortho nitro benzene ring substituents is 1. The molecule has 9 nitrogen and oxygen atoms in total. The number of benzene rings is 4. The highest BCUT2D eigenvalue weighted by atomic mass is 127. The molecular formula is C35H24BrFIN3O6S. The Bertz CT molecular complexity index is 2260. The van der Waals surface area contributed by atoms with Crippen molar-refractivity contribution in [3.05, 3.63) is 162 Å². The Kier molecular flexibility index (Phi) is 9.99. The number of hydrogen-bond donors (Lipinski definition) is 0. The number of nitrogens with zero attached hydrogens (tertiary/aromatic N) is 3. The van der Waals surface area contributed by atoms with Gasteiger partial charge in [0.1, 0.15) is 18.2 Å². The quantitative estimate of drug-likeness (QED) is 0.0690. The van der Waals surface area contributed by atoms with Crippen LogP contribution < -0.4 is 19.6 Å². The minimum absolute atomic E-state index is 0.0199. The van der Waals surface area contributed by atoms with Gasteiger partial charge in [0.2, 0.25) is 0 Å². The highest BCUT2D eigenvalue weighted by Gasteiger charge is 2.35. The molecule has 242 valence electrons. The first-order chi connectivity index (χ1) is 23.1. The van der Waals surface area contributed by atoms with Crippen LogP contribution in [0.3, 0.4) is 0 Å². The van der Waals surface area contributed by atoms with E-state index in [1.54, 1.807) is 37.3 Å². The maximum atomic E-state index is 14.3. The summed E-state index contributed by atoms with van der Waals surface area (Å²) in [6.45, 7) is 1.93. The van der Waals surface area contributed by atoms with Gasteiger partial charge in [-0.1, -0.05) is 69.7 Å². The minimum atomic E-state index is -0.946. The van der Waals surface area contributed by atoms with Crippen LogP contribution in [0.2, 0.25) is 0 Å². The highest BCUT2D eigenvalue weighted by molar-refractivity contribution is 14.1. The van der Waals surface area contributed by atoms with Crippen LogP contribution in [0, 0.1) is 19.5 Å². The largest absolute Gasteiger partial charge is 0.487 e. The molecule has 0 aliphatic carbocycles. The number of hydrogen-bond acceptors (Lipinski definition) is 8. The summed E-state index contributed by atoms with van der Waals surface area (Å²) in [6.07, 6.45) is 1.71. The average molecular weight is 840 g/mol. The first-order valence-corrected chi connectivity index (χ1v) is 17.2. The van der Waals surface area contributed by atoms with E-state index in [9.17, 15) is 24.1 Å². The van der Waals surface area contributed by atoms with E-state index in [0.717, 1.165) is 24.9 Å². The summed E-state index contributed by atoms with van der Waals surface area (Å²) in [7, 11) is 0. The normalized spacial score (nSPS) is 14.3. The Morgan fingerprint density at radius 3 is 2.48 bits per heavy atom. The van der Waals surface area contributed by atoms with Crippen LogP contribution in [0.25, 0.3) is 11.8 Å². The summed E-state index contributed by atoms with van der Waals surface area (Å²) in [5.41, 5.74) is 2.61. The number of esters is 1. The fourth-order valence-corrected chi connectivity index (χ4v) is 7.95. The molecule has 0 N–H and O–H groups in total. The van der Waals surface area contributed by atoms with Crippen molar-refractivity contribution in [2.45, 2.75) is 19.6 Å². The second-order valence-electron chi connectivity index (χ2n) is 10.5. The molecule has 5 aromatic rings. The van der Waals surface area contributed by atoms with Crippen LogP contribution in [-0.4, -0.2) is 22.1 Å². The third-order valence-corrected chi connectivity index (χ3v) is 9.66. The van der Waals surface area contributed by atoms with Gasteiger partial charge in [0.15, 0.2) is 4.80 Å². The lowest BCUT2D eigenvalue weighted by molar-refractivity contribution is -0.384. The van der Waals surface area contributed by atoms with Crippen molar-refractivity contribution < 1.29 is 23.6 Å². The van der Waals surface area contributed by atoms with Crippen LogP contribution in [0.1, 0.15) is 35.2 Å². The van der Waals surface area contributed by atoms with Gasteiger partial charge in [0.25, 0.3) is 11.2 Å². The Morgan fingerprint density at radius 2 is 1.81 bits per heavy atom. The monoisotopic (exact) mass is 839 g/mol. The molecule has 48 heavy (non-hydrogen) atoms. The zero-order chi connectivity index (χ0) is 33.9. The van der Waals surface area contributed by atoms with Crippen molar-refractivity contribution in [2.24, 2.45) is 4.99 Å². The molecule has 0 bridgehead atoms. The number of fused-ring (bicyclic) bond motifs is 1. The van der Waals surface area contributed by atoms with Gasteiger partial charge in [-0.05, 0) is 83.1 Å². The Hall–Kier alpha value is -4.47. The smallest absolute Gasteiger partial charge is 0.338 e. The molecule has 1 aliphatic heterocycles. The maximum Gasteiger partial charge on any atom is 0.338 e. The van der Waals surface area contributed by atoms with Gasteiger partial charge in [0, 0.05) is 27.7 Å². The number of carbonyl (C=O) groups is 1. The van der Waals surface area contributed by atoms with Crippen LogP contribution in [0.15, 0.2) is 111 Å². The van der Waals surface area contributed by atoms with E-state index in [2.05, 4.69) is 38.5 Å². The average Bonchev–Trinajstić information content (AvgIpc) is 3.38. The standard InChI is InChI=1S/C35H24BrFIN3O6S/c1-2-46-34(43)29-30(21-6-4-3-5-7-21)39-35-40(31(29)22-10-12-25(37)13-11-22)33(42)28(48-35)17-23-16-24(36)18-27(38)32(23)47-19-20-8-14-26(15-9-20)41(44)45/h3-18,31H,2,19H2,1H3/b28-17-/t31-/m0/s1. The lowest BCUT2D eigenvalue weighted by Gasteiger charge is -2.25. The van der Waals surface area contributed by atoms with Gasteiger partial charge in [-0.3, -0.25) is 19.5 Å². The van der Waals surface area contributed by atoms with E-state index in [1.165, 1.54) is 28.8 Å². The van der Waals surface area contributed by atoms with Gasteiger partial charge in [-0.2, -0.15) is 0 Å². The number of nitro benzene ring substituents is 1. The number of thiazole rings is 1. The lowest BCUT2D eigenvalue weighted by atomic mass is 9.93. The third-order valence-electron chi connectivity index (χ3n) is 7.41. The number of carbonyl (C=O) groups excluding carboxylic acids is 1.